The number of nitrogens with two attached hydrogens (primary N) is 1. The lowest BCUT2D eigenvalue weighted by Gasteiger charge is -2.65. The van der Waals surface area contributed by atoms with Crippen LogP contribution in [0.3, 0.4) is 0 Å². The third kappa shape index (κ3) is 2.79. The minimum atomic E-state index is -0.796. The van der Waals surface area contributed by atoms with Gasteiger partial charge in [-0.3, -0.25) is 9.59 Å². The minimum absolute atomic E-state index is 0.143. The zero-order valence-corrected chi connectivity index (χ0v) is 17.7. The van der Waals surface area contributed by atoms with Crippen molar-refractivity contribution in [3.05, 3.63) is 0 Å². The van der Waals surface area contributed by atoms with Crippen LogP contribution >= 0.6 is 0 Å². The molecule has 4 aliphatic carbocycles. The Hall–Kier alpha value is -0.940. The van der Waals surface area contributed by atoms with E-state index in [0.29, 0.717) is 42.4 Å². The van der Waals surface area contributed by atoms with Gasteiger partial charge in [-0.2, -0.15) is 0 Å². The van der Waals surface area contributed by atoms with Crippen LogP contribution < -0.4 is 5.73 Å². The molecule has 0 aromatic carbocycles. The van der Waals surface area contributed by atoms with E-state index in [0.717, 1.165) is 44.9 Å². The second-order valence-electron chi connectivity index (χ2n) is 10.7. The van der Waals surface area contributed by atoms with Gasteiger partial charge >= 0.3 is 5.97 Å². The Morgan fingerprint density at radius 1 is 1.18 bits per heavy atom. The number of Topliss-reactive ketones (excluding diaryl/α,β-unsaturated/α-hetero) is 1. The molecule has 0 saturated heterocycles. The summed E-state index contributed by atoms with van der Waals surface area (Å²) in [6.45, 7) is 7.04. The predicted octanol–water partition coefficient (Wildman–Crippen LogP) is 3.22. The van der Waals surface area contributed by atoms with Crippen molar-refractivity contribution in [2.24, 2.45) is 40.2 Å². The van der Waals surface area contributed by atoms with E-state index in [4.69, 9.17) is 10.5 Å². The van der Waals surface area contributed by atoms with Gasteiger partial charge in [0.1, 0.15) is 11.9 Å². The van der Waals surface area contributed by atoms with E-state index in [9.17, 15) is 14.7 Å². The van der Waals surface area contributed by atoms with Crippen molar-refractivity contribution >= 4 is 11.8 Å². The Balaban J connectivity index is 1.58. The highest BCUT2D eigenvalue weighted by Crippen LogP contribution is 2.68. The third-order valence-corrected chi connectivity index (χ3v) is 9.44. The van der Waals surface area contributed by atoms with E-state index < -0.39 is 5.60 Å². The summed E-state index contributed by atoms with van der Waals surface area (Å²) in [5.41, 5.74) is 4.37. The van der Waals surface area contributed by atoms with Gasteiger partial charge in [0.2, 0.25) is 0 Å². The SMILES string of the molecule is CC1CC2(O)CC(OC(=O)CCN)CC[C@]2(C)[C@@H]2CC[C@]3(C)C(=O)CC[C@H]3[C@H]12. The highest BCUT2D eigenvalue weighted by molar-refractivity contribution is 5.87. The number of carbonyl (C=O) groups is 2. The molecule has 3 N–H and O–H groups in total. The number of ether oxygens (including phenoxy) is 1. The lowest BCUT2D eigenvalue weighted by molar-refractivity contribution is -0.235. The van der Waals surface area contributed by atoms with Crippen LogP contribution in [0.4, 0.5) is 0 Å². The van der Waals surface area contributed by atoms with Crippen LogP contribution in [0.5, 0.6) is 0 Å². The zero-order chi connectivity index (χ0) is 20.3. The van der Waals surface area contributed by atoms with Crippen LogP contribution in [0, 0.1) is 34.5 Å². The summed E-state index contributed by atoms with van der Waals surface area (Å²) in [5.74, 6) is 2.04. The van der Waals surface area contributed by atoms with Crippen molar-refractivity contribution < 1.29 is 19.4 Å². The second kappa shape index (κ2) is 6.80. The van der Waals surface area contributed by atoms with E-state index in [2.05, 4.69) is 20.8 Å². The molecule has 0 aromatic rings. The summed E-state index contributed by atoms with van der Waals surface area (Å²) < 4.78 is 5.64. The molecule has 4 saturated carbocycles. The zero-order valence-electron chi connectivity index (χ0n) is 17.7. The molecule has 0 aliphatic heterocycles. The van der Waals surface area contributed by atoms with Gasteiger partial charge in [-0.1, -0.05) is 20.8 Å². The number of esters is 1. The van der Waals surface area contributed by atoms with Crippen LogP contribution in [-0.2, 0) is 14.3 Å². The first-order valence-corrected chi connectivity index (χ1v) is 11.3. The summed E-state index contributed by atoms with van der Waals surface area (Å²) in [6.07, 6.45) is 6.76. The van der Waals surface area contributed by atoms with Crippen LogP contribution in [0.25, 0.3) is 0 Å². The quantitative estimate of drug-likeness (QED) is 0.721. The van der Waals surface area contributed by atoms with Gasteiger partial charge in [0.05, 0.1) is 12.0 Å². The maximum atomic E-state index is 12.6. The molecule has 158 valence electrons. The fourth-order valence-electron chi connectivity index (χ4n) is 7.89. The molecule has 4 fully saturated rings. The molecule has 4 aliphatic rings. The van der Waals surface area contributed by atoms with Crippen molar-refractivity contribution in [2.75, 3.05) is 6.54 Å². The summed E-state index contributed by atoms with van der Waals surface area (Å²) in [4.78, 5) is 24.6. The van der Waals surface area contributed by atoms with Gasteiger partial charge in [-0.25, -0.2) is 0 Å². The van der Waals surface area contributed by atoms with Crippen molar-refractivity contribution in [2.45, 2.75) is 90.3 Å². The number of ketones is 1. The van der Waals surface area contributed by atoms with Gasteiger partial charge in [-0.05, 0) is 67.6 Å². The summed E-state index contributed by atoms with van der Waals surface area (Å²) in [7, 11) is 0. The first-order chi connectivity index (χ1) is 13.1. The fourth-order valence-corrected chi connectivity index (χ4v) is 7.89. The molecular formula is C23H37NO4. The van der Waals surface area contributed by atoms with Crippen LogP contribution in [-0.4, -0.2) is 35.1 Å². The van der Waals surface area contributed by atoms with Crippen molar-refractivity contribution in [1.82, 2.24) is 0 Å². The first kappa shape index (κ1) is 20.3. The molecular weight excluding hydrogens is 354 g/mol. The van der Waals surface area contributed by atoms with E-state index in [1.807, 2.05) is 0 Å². The summed E-state index contributed by atoms with van der Waals surface area (Å²) in [5, 5.41) is 11.8. The topological polar surface area (TPSA) is 89.6 Å². The Kier molecular flexibility index (Phi) is 4.94. The maximum Gasteiger partial charge on any atom is 0.307 e. The van der Waals surface area contributed by atoms with E-state index in [1.165, 1.54) is 0 Å². The molecule has 0 heterocycles. The van der Waals surface area contributed by atoms with E-state index in [1.54, 1.807) is 0 Å². The third-order valence-electron chi connectivity index (χ3n) is 9.44. The Morgan fingerprint density at radius 3 is 2.64 bits per heavy atom. The number of rotatable bonds is 3. The number of carbonyl (C=O) groups excluding carboxylic acids is 2. The summed E-state index contributed by atoms with van der Waals surface area (Å²) >= 11 is 0. The average molecular weight is 392 g/mol. The monoisotopic (exact) mass is 391 g/mol. The Bertz CT molecular complexity index is 665. The lowest BCUT2D eigenvalue weighted by atomic mass is 9.41. The van der Waals surface area contributed by atoms with Crippen molar-refractivity contribution in [3.63, 3.8) is 0 Å². The molecule has 5 nitrogen and oxygen atoms in total. The lowest BCUT2D eigenvalue weighted by Crippen LogP contribution is -2.65. The largest absolute Gasteiger partial charge is 0.462 e. The normalized spacial score (nSPS) is 50.5. The molecule has 4 rings (SSSR count). The Morgan fingerprint density at radius 2 is 1.93 bits per heavy atom. The van der Waals surface area contributed by atoms with Gasteiger partial charge in [0.15, 0.2) is 0 Å². The van der Waals surface area contributed by atoms with Crippen LogP contribution in [0.15, 0.2) is 0 Å². The number of aliphatic hydroxyl groups is 1. The standard InChI is InChI=1S/C23H37NO4/c1-14-12-23(27)13-15(28-19(26)8-11-24)6-10-22(23,3)17-7-9-21(2)16(20(14)17)4-5-18(21)25/h14-17,20,27H,4-13,24H2,1-3H3/t14?,15?,16-,17+,20-,21-,22+,23?/m0/s1. The van der Waals surface area contributed by atoms with Crippen molar-refractivity contribution in [3.8, 4) is 0 Å². The molecule has 28 heavy (non-hydrogen) atoms. The molecule has 8 atom stereocenters. The number of fused-ring (bicyclic) bond motifs is 5. The smallest absolute Gasteiger partial charge is 0.307 e. The predicted molar refractivity (Wildman–Crippen MR) is 106 cm³/mol. The van der Waals surface area contributed by atoms with Gasteiger partial charge < -0.3 is 15.6 Å². The summed E-state index contributed by atoms with van der Waals surface area (Å²) in [6, 6.07) is 0. The molecule has 0 radical (unpaired) electrons. The number of hydrogen-bond acceptors (Lipinski definition) is 5. The molecule has 0 spiro atoms. The molecule has 0 amide bonds. The van der Waals surface area contributed by atoms with Crippen LogP contribution in [0.1, 0.15) is 78.6 Å². The van der Waals surface area contributed by atoms with E-state index >= 15 is 0 Å². The molecule has 3 unspecified atom stereocenters. The van der Waals surface area contributed by atoms with Gasteiger partial charge in [0, 0.05) is 24.8 Å². The van der Waals surface area contributed by atoms with Gasteiger partial charge in [-0.15, -0.1) is 0 Å². The second-order valence-corrected chi connectivity index (χ2v) is 10.7. The molecule has 0 bridgehead atoms. The van der Waals surface area contributed by atoms with Crippen LogP contribution in [0.2, 0.25) is 0 Å². The highest BCUT2D eigenvalue weighted by atomic mass is 16.5. The molecule has 0 aromatic heterocycles. The molecule has 5 heteroatoms. The minimum Gasteiger partial charge on any atom is -0.462 e. The van der Waals surface area contributed by atoms with Crippen molar-refractivity contribution in [1.29, 1.82) is 0 Å². The fraction of sp³-hybridized carbons (Fsp3) is 0.913. The van der Waals surface area contributed by atoms with Gasteiger partial charge in [0.25, 0.3) is 0 Å². The number of hydrogen-bond donors (Lipinski definition) is 2. The Labute approximate surface area is 168 Å². The first-order valence-electron chi connectivity index (χ1n) is 11.3. The van der Waals surface area contributed by atoms with E-state index in [-0.39, 0.29) is 29.3 Å². The maximum absolute atomic E-state index is 12.6. The highest BCUT2D eigenvalue weighted by Gasteiger charge is 2.66. The average Bonchev–Trinajstić information content (AvgIpc) is 2.92.